The number of likely N-dealkylation sites (tertiary alicyclic amines) is 1. The molecule has 2 heterocycles. The predicted molar refractivity (Wildman–Crippen MR) is 122 cm³/mol. The van der Waals surface area contributed by atoms with E-state index in [1.807, 2.05) is 0 Å². The SMILES string of the molecule is CCN(CC)CCCN1C(=O)C(=O)C(=C(O)c2ccncc2)C1c1ccc(Cl)c(Cl)c1. The monoisotopic (exact) mass is 461 g/mol. The van der Waals surface area contributed by atoms with Crippen LogP contribution in [0.15, 0.2) is 48.3 Å². The number of aliphatic hydroxyl groups is 1. The van der Waals surface area contributed by atoms with Gasteiger partial charge in [0.25, 0.3) is 11.7 Å². The van der Waals surface area contributed by atoms with Crippen LogP contribution in [-0.2, 0) is 9.59 Å². The fraction of sp³-hybridized carbons (Fsp3) is 0.348. The first-order valence-electron chi connectivity index (χ1n) is 10.2. The Morgan fingerprint density at radius 2 is 1.77 bits per heavy atom. The molecule has 1 amide bonds. The van der Waals surface area contributed by atoms with Gasteiger partial charge in [-0.05, 0) is 55.9 Å². The van der Waals surface area contributed by atoms with Crippen molar-refractivity contribution in [2.75, 3.05) is 26.2 Å². The number of halogens is 2. The summed E-state index contributed by atoms with van der Waals surface area (Å²) in [5.74, 6) is -1.58. The summed E-state index contributed by atoms with van der Waals surface area (Å²) in [6, 6.07) is 7.42. The van der Waals surface area contributed by atoms with Crippen LogP contribution in [0.25, 0.3) is 5.76 Å². The number of aliphatic hydroxyl groups excluding tert-OH is 1. The van der Waals surface area contributed by atoms with Crippen LogP contribution in [0.5, 0.6) is 0 Å². The van der Waals surface area contributed by atoms with Crippen LogP contribution < -0.4 is 0 Å². The van der Waals surface area contributed by atoms with Gasteiger partial charge in [-0.2, -0.15) is 0 Å². The van der Waals surface area contributed by atoms with Crippen LogP contribution in [0, 0.1) is 0 Å². The summed E-state index contributed by atoms with van der Waals surface area (Å²) < 4.78 is 0. The van der Waals surface area contributed by atoms with Crippen molar-refractivity contribution in [3.63, 3.8) is 0 Å². The Balaban J connectivity index is 2.04. The summed E-state index contributed by atoms with van der Waals surface area (Å²) in [7, 11) is 0. The van der Waals surface area contributed by atoms with Gasteiger partial charge in [0.15, 0.2) is 0 Å². The molecule has 0 radical (unpaired) electrons. The second kappa shape index (κ2) is 10.3. The van der Waals surface area contributed by atoms with E-state index in [1.165, 1.54) is 17.3 Å². The van der Waals surface area contributed by atoms with Gasteiger partial charge in [0.05, 0.1) is 21.7 Å². The van der Waals surface area contributed by atoms with Crippen molar-refractivity contribution in [1.29, 1.82) is 0 Å². The highest BCUT2D eigenvalue weighted by Gasteiger charge is 2.45. The minimum atomic E-state index is -0.750. The molecular weight excluding hydrogens is 437 g/mol. The summed E-state index contributed by atoms with van der Waals surface area (Å²) in [6.45, 7) is 7.16. The molecule has 1 aliphatic heterocycles. The Bertz CT molecular complexity index is 991. The lowest BCUT2D eigenvalue weighted by Gasteiger charge is -2.27. The third kappa shape index (κ3) is 4.92. The lowest BCUT2D eigenvalue weighted by atomic mass is 9.95. The molecule has 0 spiro atoms. The largest absolute Gasteiger partial charge is 0.507 e. The number of aromatic nitrogens is 1. The Labute approximate surface area is 192 Å². The van der Waals surface area contributed by atoms with Gasteiger partial charge in [-0.1, -0.05) is 43.1 Å². The van der Waals surface area contributed by atoms with Gasteiger partial charge in [0, 0.05) is 24.5 Å². The first-order valence-corrected chi connectivity index (χ1v) is 11.0. The molecular formula is C23H25Cl2N3O3. The molecule has 6 nitrogen and oxygen atoms in total. The number of pyridine rings is 1. The highest BCUT2D eigenvalue weighted by molar-refractivity contribution is 6.46. The smallest absolute Gasteiger partial charge is 0.295 e. The summed E-state index contributed by atoms with van der Waals surface area (Å²) in [5, 5.41) is 11.6. The molecule has 3 rings (SSSR count). The van der Waals surface area contributed by atoms with Crippen molar-refractivity contribution in [3.8, 4) is 0 Å². The van der Waals surface area contributed by atoms with Gasteiger partial charge in [0.2, 0.25) is 0 Å². The highest BCUT2D eigenvalue weighted by Crippen LogP contribution is 2.40. The predicted octanol–water partition coefficient (Wildman–Crippen LogP) is 4.54. The lowest BCUT2D eigenvalue weighted by Crippen LogP contribution is -2.33. The molecule has 1 aliphatic rings. The highest BCUT2D eigenvalue weighted by atomic mass is 35.5. The maximum Gasteiger partial charge on any atom is 0.295 e. The van der Waals surface area contributed by atoms with Crippen molar-refractivity contribution in [3.05, 3.63) is 69.5 Å². The number of amides is 1. The van der Waals surface area contributed by atoms with E-state index in [1.54, 1.807) is 30.3 Å². The second-order valence-electron chi connectivity index (χ2n) is 7.28. The van der Waals surface area contributed by atoms with E-state index in [4.69, 9.17) is 23.2 Å². The minimum absolute atomic E-state index is 0.0393. The number of Topliss-reactive ketones (excluding diaryl/α,β-unsaturated/α-hetero) is 1. The Kier molecular flexibility index (Phi) is 7.70. The normalized spacial score (nSPS) is 18.2. The topological polar surface area (TPSA) is 73.7 Å². The molecule has 8 heteroatoms. The van der Waals surface area contributed by atoms with Crippen molar-refractivity contribution >= 4 is 40.7 Å². The number of benzene rings is 1. The number of carbonyl (C=O) groups excluding carboxylic acids is 2. The van der Waals surface area contributed by atoms with E-state index >= 15 is 0 Å². The van der Waals surface area contributed by atoms with Crippen molar-refractivity contribution in [2.45, 2.75) is 26.3 Å². The van der Waals surface area contributed by atoms with Crippen molar-refractivity contribution in [2.24, 2.45) is 0 Å². The van der Waals surface area contributed by atoms with Crippen LogP contribution in [0.3, 0.4) is 0 Å². The molecule has 1 aromatic carbocycles. The number of nitrogens with zero attached hydrogens (tertiary/aromatic N) is 3. The molecule has 1 aromatic heterocycles. The van der Waals surface area contributed by atoms with E-state index in [2.05, 4.69) is 23.7 Å². The Morgan fingerprint density at radius 1 is 1.10 bits per heavy atom. The first kappa shape index (κ1) is 23.3. The molecule has 1 saturated heterocycles. The van der Waals surface area contributed by atoms with E-state index in [-0.39, 0.29) is 11.3 Å². The van der Waals surface area contributed by atoms with E-state index in [0.717, 1.165) is 19.6 Å². The molecule has 1 atom stereocenters. The molecule has 1 fully saturated rings. The zero-order valence-electron chi connectivity index (χ0n) is 17.5. The molecule has 1 N–H and O–H groups in total. The number of rotatable bonds is 8. The lowest BCUT2D eigenvalue weighted by molar-refractivity contribution is -0.140. The van der Waals surface area contributed by atoms with Crippen LogP contribution in [0.2, 0.25) is 10.0 Å². The zero-order valence-corrected chi connectivity index (χ0v) is 19.0. The van der Waals surface area contributed by atoms with Crippen LogP contribution in [0.1, 0.15) is 37.4 Å². The molecule has 0 saturated carbocycles. The summed E-state index contributed by atoms with van der Waals surface area (Å²) in [6.07, 6.45) is 3.73. The maximum atomic E-state index is 13.0. The average molecular weight is 462 g/mol. The Morgan fingerprint density at radius 3 is 2.39 bits per heavy atom. The van der Waals surface area contributed by atoms with Crippen LogP contribution in [0.4, 0.5) is 0 Å². The van der Waals surface area contributed by atoms with Gasteiger partial charge < -0.3 is 14.9 Å². The van der Waals surface area contributed by atoms with Crippen molar-refractivity contribution in [1.82, 2.24) is 14.8 Å². The average Bonchev–Trinajstić information content (AvgIpc) is 3.03. The molecule has 2 aromatic rings. The zero-order chi connectivity index (χ0) is 22.5. The van der Waals surface area contributed by atoms with Gasteiger partial charge in [-0.3, -0.25) is 14.6 Å². The third-order valence-electron chi connectivity index (χ3n) is 5.52. The number of ketones is 1. The van der Waals surface area contributed by atoms with Crippen LogP contribution in [-0.4, -0.2) is 57.8 Å². The van der Waals surface area contributed by atoms with Gasteiger partial charge in [-0.25, -0.2) is 0 Å². The summed E-state index contributed by atoms with van der Waals surface area (Å²) >= 11 is 12.3. The number of hydrogen-bond acceptors (Lipinski definition) is 5. The molecule has 1 unspecified atom stereocenters. The third-order valence-corrected chi connectivity index (χ3v) is 6.26. The molecule has 164 valence electrons. The first-order chi connectivity index (χ1) is 14.9. The molecule has 0 aliphatic carbocycles. The van der Waals surface area contributed by atoms with E-state index in [0.29, 0.717) is 34.1 Å². The summed E-state index contributed by atoms with van der Waals surface area (Å²) in [5.41, 5.74) is 1.07. The number of carbonyl (C=O) groups is 2. The maximum absolute atomic E-state index is 13.0. The van der Waals surface area contributed by atoms with Crippen molar-refractivity contribution < 1.29 is 14.7 Å². The van der Waals surface area contributed by atoms with E-state index in [9.17, 15) is 14.7 Å². The molecule has 31 heavy (non-hydrogen) atoms. The standard InChI is InChI=1S/C23H25Cl2N3O3/c1-3-27(4-2)12-5-13-28-20(16-6-7-17(24)18(25)14-16)19(22(30)23(28)31)21(29)15-8-10-26-11-9-15/h6-11,14,20,29H,3-5,12-13H2,1-2H3. The fourth-order valence-electron chi connectivity index (χ4n) is 3.81. The van der Waals surface area contributed by atoms with Crippen LogP contribution >= 0.6 is 23.2 Å². The molecule has 0 bridgehead atoms. The quantitative estimate of drug-likeness (QED) is 0.354. The Hall–Kier alpha value is -2.41. The number of hydrogen-bond donors (Lipinski definition) is 1. The van der Waals surface area contributed by atoms with E-state index < -0.39 is 17.7 Å². The second-order valence-corrected chi connectivity index (χ2v) is 8.10. The van der Waals surface area contributed by atoms with Gasteiger partial charge in [-0.15, -0.1) is 0 Å². The minimum Gasteiger partial charge on any atom is -0.507 e. The summed E-state index contributed by atoms with van der Waals surface area (Å²) in [4.78, 5) is 33.6. The van der Waals surface area contributed by atoms with Gasteiger partial charge in [0.1, 0.15) is 5.76 Å². The van der Waals surface area contributed by atoms with Gasteiger partial charge >= 0.3 is 0 Å². The fourth-order valence-corrected chi connectivity index (χ4v) is 4.12.